The molecule has 0 saturated carbocycles. The van der Waals surface area contributed by atoms with Crippen molar-refractivity contribution in [2.75, 3.05) is 0 Å². The minimum Gasteiger partial charge on any atom is -0.508 e. The average molecular weight is 187 g/mol. The summed E-state index contributed by atoms with van der Waals surface area (Å²) in [5, 5.41) is 17.7. The number of alkyl halides is 1. The Morgan fingerprint density at radius 3 is 2.67 bits per heavy atom. The summed E-state index contributed by atoms with van der Waals surface area (Å²) in [5.41, 5.74) is -1.36. The molecule has 1 aromatic carbocycles. The van der Waals surface area contributed by atoms with Gasteiger partial charge in [-0.2, -0.15) is 0 Å². The van der Waals surface area contributed by atoms with Gasteiger partial charge in [-0.15, -0.1) is 0 Å². The number of hydrogen-bond donors (Lipinski definition) is 2. The van der Waals surface area contributed by atoms with Gasteiger partial charge in [0.15, 0.2) is 5.56 Å². The van der Waals surface area contributed by atoms with Crippen molar-refractivity contribution in [2.24, 2.45) is 0 Å². The Morgan fingerprint density at radius 2 is 2.17 bits per heavy atom. The molecule has 64 valence electrons. The van der Waals surface area contributed by atoms with E-state index in [0.717, 1.165) is 0 Å². The molecule has 0 radical (unpaired) electrons. The summed E-state index contributed by atoms with van der Waals surface area (Å²) < 4.78 is 0. The van der Waals surface area contributed by atoms with Gasteiger partial charge in [-0.1, -0.05) is 23.7 Å². The van der Waals surface area contributed by atoms with E-state index in [9.17, 15) is 4.79 Å². The number of Topliss-reactive ketones (excluding diaryl/α,β-unsaturated/α-hetero) is 1. The number of hydrogen-bond acceptors (Lipinski definition) is 3. The van der Waals surface area contributed by atoms with Crippen molar-refractivity contribution in [3.63, 3.8) is 0 Å². The molecule has 3 nitrogen and oxygen atoms in total. The summed E-state index contributed by atoms with van der Waals surface area (Å²) in [4.78, 5) is 11.0. The Labute approximate surface area is 74.2 Å². The third kappa shape index (κ3) is 1.96. The van der Waals surface area contributed by atoms with Crippen LogP contribution in [0.3, 0.4) is 0 Å². The maximum absolute atomic E-state index is 11.0. The number of aliphatic hydroxyl groups is 1. The number of phenols is 1. The second-order valence-corrected chi connectivity index (χ2v) is 2.66. The molecule has 0 bridgehead atoms. The van der Waals surface area contributed by atoms with Crippen molar-refractivity contribution in [3.8, 4) is 5.75 Å². The second kappa shape index (κ2) is 3.56. The highest BCUT2D eigenvalue weighted by atomic mass is 35.5. The van der Waals surface area contributed by atoms with Gasteiger partial charge in [0.25, 0.3) is 0 Å². The minimum atomic E-state index is -1.55. The molecule has 0 saturated heterocycles. The van der Waals surface area contributed by atoms with Crippen molar-refractivity contribution < 1.29 is 15.0 Å². The van der Waals surface area contributed by atoms with E-state index in [-0.39, 0.29) is 11.3 Å². The zero-order valence-corrected chi connectivity index (χ0v) is 6.82. The molecule has 1 aromatic rings. The Bertz CT molecular complexity index is 296. The lowest BCUT2D eigenvalue weighted by Crippen LogP contribution is -2.12. The summed E-state index contributed by atoms with van der Waals surface area (Å²) >= 11 is 5.14. The van der Waals surface area contributed by atoms with Crippen LogP contribution in [0.2, 0.25) is 0 Å². The molecule has 0 spiro atoms. The molecule has 0 aliphatic rings. The number of ketones is 1. The number of phenolic OH excluding ortho intramolecular Hbond substituents is 1. The minimum absolute atomic E-state index is 0.0295. The third-order valence-corrected chi connectivity index (χ3v) is 1.55. The van der Waals surface area contributed by atoms with Gasteiger partial charge in [0.1, 0.15) is 5.75 Å². The molecule has 0 amide bonds. The fourth-order valence-electron chi connectivity index (χ4n) is 0.797. The third-order valence-electron chi connectivity index (χ3n) is 1.35. The van der Waals surface area contributed by atoms with Gasteiger partial charge in [0.2, 0.25) is 5.78 Å². The first kappa shape index (κ1) is 9.03. The topological polar surface area (TPSA) is 57.5 Å². The van der Waals surface area contributed by atoms with Crippen LogP contribution < -0.4 is 0 Å². The van der Waals surface area contributed by atoms with Crippen LogP contribution >= 0.6 is 11.6 Å². The molecule has 4 heteroatoms. The van der Waals surface area contributed by atoms with Gasteiger partial charge >= 0.3 is 0 Å². The number of carbonyl (C=O) groups is 1. The Balaban J connectivity index is 2.96. The van der Waals surface area contributed by atoms with Gasteiger partial charge in [-0.05, 0) is 12.1 Å². The number of benzene rings is 1. The van der Waals surface area contributed by atoms with Crippen LogP contribution in [0.5, 0.6) is 5.75 Å². The van der Waals surface area contributed by atoms with E-state index in [0.29, 0.717) is 0 Å². The van der Waals surface area contributed by atoms with Crippen LogP contribution in [-0.2, 0) is 0 Å². The summed E-state index contributed by atoms with van der Waals surface area (Å²) in [7, 11) is 0. The molecule has 0 aliphatic carbocycles. The molecule has 0 aromatic heterocycles. The zero-order chi connectivity index (χ0) is 9.14. The highest BCUT2D eigenvalue weighted by Crippen LogP contribution is 2.13. The molecule has 0 aliphatic heterocycles. The van der Waals surface area contributed by atoms with Crippen molar-refractivity contribution >= 4 is 17.4 Å². The molecular formula is C8H7ClO3. The lowest BCUT2D eigenvalue weighted by atomic mass is 10.1. The van der Waals surface area contributed by atoms with Crippen molar-refractivity contribution in [1.29, 1.82) is 0 Å². The number of halogens is 1. The van der Waals surface area contributed by atoms with Gasteiger partial charge in [0.05, 0.1) is 0 Å². The van der Waals surface area contributed by atoms with E-state index >= 15 is 0 Å². The summed E-state index contributed by atoms with van der Waals surface area (Å²) in [6.07, 6.45) is 0. The molecule has 0 heterocycles. The van der Waals surface area contributed by atoms with E-state index in [1.54, 1.807) is 0 Å². The van der Waals surface area contributed by atoms with Crippen LogP contribution in [0.4, 0.5) is 0 Å². The van der Waals surface area contributed by atoms with E-state index < -0.39 is 11.3 Å². The molecular weight excluding hydrogens is 180 g/mol. The fourth-order valence-corrected chi connectivity index (χ4v) is 0.923. The van der Waals surface area contributed by atoms with Crippen LogP contribution in [0, 0.1) is 0 Å². The van der Waals surface area contributed by atoms with Crippen LogP contribution in [0.15, 0.2) is 24.3 Å². The maximum Gasteiger partial charge on any atom is 0.206 e. The average Bonchev–Trinajstić information content (AvgIpc) is 2.03. The normalized spacial score (nSPS) is 12.5. The summed E-state index contributed by atoms with van der Waals surface area (Å²) in [6, 6.07) is 5.64. The van der Waals surface area contributed by atoms with Crippen molar-refractivity contribution in [3.05, 3.63) is 29.8 Å². The van der Waals surface area contributed by atoms with Gasteiger partial charge in [-0.25, -0.2) is 0 Å². The monoisotopic (exact) mass is 186 g/mol. The van der Waals surface area contributed by atoms with Crippen molar-refractivity contribution in [2.45, 2.75) is 5.56 Å². The van der Waals surface area contributed by atoms with E-state index in [4.69, 9.17) is 21.8 Å². The Kier molecular flexibility index (Phi) is 2.68. The van der Waals surface area contributed by atoms with Crippen LogP contribution in [-0.4, -0.2) is 21.6 Å². The first-order valence-electron chi connectivity index (χ1n) is 3.26. The van der Waals surface area contributed by atoms with Crippen LogP contribution in [0.25, 0.3) is 0 Å². The largest absolute Gasteiger partial charge is 0.508 e. The number of aromatic hydroxyl groups is 1. The standard InChI is InChI=1S/C8H7ClO3/c9-8(12)7(11)5-2-1-3-6(10)4-5/h1-4,8,10,12H. The zero-order valence-electron chi connectivity index (χ0n) is 6.07. The fraction of sp³-hybridized carbons (Fsp3) is 0.125. The number of aliphatic hydroxyl groups excluding tert-OH is 1. The molecule has 0 fully saturated rings. The molecule has 2 N–H and O–H groups in total. The van der Waals surface area contributed by atoms with Crippen LogP contribution in [0.1, 0.15) is 10.4 Å². The first-order chi connectivity index (χ1) is 5.61. The Morgan fingerprint density at radius 1 is 1.50 bits per heavy atom. The second-order valence-electron chi connectivity index (χ2n) is 2.25. The van der Waals surface area contributed by atoms with Gasteiger partial charge in [-0.3, -0.25) is 4.79 Å². The molecule has 1 atom stereocenters. The lowest BCUT2D eigenvalue weighted by Gasteiger charge is -2.01. The number of carbonyl (C=O) groups excluding carboxylic acids is 1. The quantitative estimate of drug-likeness (QED) is 0.538. The first-order valence-corrected chi connectivity index (χ1v) is 3.70. The molecule has 12 heavy (non-hydrogen) atoms. The molecule has 1 unspecified atom stereocenters. The van der Waals surface area contributed by atoms with E-state index in [1.165, 1.54) is 24.3 Å². The SMILES string of the molecule is O=C(c1cccc(O)c1)C(O)Cl. The molecule has 1 rings (SSSR count). The van der Waals surface area contributed by atoms with Gasteiger partial charge in [0, 0.05) is 5.56 Å². The predicted octanol–water partition coefficient (Wildman–Crippen LogP) is 1.13. The smallest absolute Gasteiger partial charge is 0.206 e. The lowest BCUT2D eigenvalue weighted by molar-refractivity contribution is 0.0860. The highest BCUT2D eigenvalue weighted by molar-refractivity contribution is 6.32. The summed E-state index contributed by atoms with van der Waals surface area (Å²) in [5.74, 6) is -0.647. The maximum atomic E-state index is 11.0. The van der Waals surface area contributed by atoms with E-state index in [1.807, 2.05) is 0 Å². The van der Waals surface area contributed by atoms with E-state index in [2.05, 4.69) is 0 Å². The predicted molar refractivity (Wildman–Crippen MR) is 44.3 cm³/mol. The van der Waals surface area contributed by atoms with Gasteiger partial charge < -0.3 is 10.2 Å². The number of rotatable bonds is 2. The Hall–Kier alpha value is -1.06. The van der Waals surface area contributed by atoms with Crippen molar-refractivity contribution in [1.82, 2.24) is 0 Å². The summed E-state index contributed by atoms with van der Waals surface area (Å²) in [6.45, 7) is 0. The highest BCUT2D eigenvalue weighted by Gasteiger charge is 2.13.